The lowest BCUT2D eigenvalue weighted by Crippen LogP contribution is -2.15. The number of rotatable bonds is 3. The van der Waals surface area contributed by atoms with Gasteiger partial charge in [0.2, 0.25) is 0 Å². The van der Waals surface area contributed by atoms with Gasteiger partial charge in [-0.2, -0.15) is 0 Å². The molecule has 0 unspecified atom stereocenters. The van der Waals surface area contributed by atoms with Gasteiger partial charge in [0.1, 0.15) is 0 Å². The standard InChI is InChI=1S/C21H19N/c1-3-7-17(8-4-1)14-22-15-20-12-11-19(13-21(20)16-22)18-9-5-2-6-10-18/h1-13H,14-16H2. The minimum atomic E-state index is 1.02. The molecule has 1 aliphatic heterocycles. The van der Waals surface area contributed by atoms with Crippen LogP contribution in [0.2, 0.25) is 0 Å². The van der Waals surface area contributed by atoms with Crippen LogP contribution in [0.15, 0.2) is 78.9 Å². The summed E-state index contributed by atoms with van der Waals surface area (Å²) in [5, 5.41) is 0. The number of fused-ring (bicyclic) bond motifs is 1. The van der Waals surface area contributed by atoms with E-state index in [1.54, 1.807) is 0 Å². The molecule has 22 heavy (non-hydrogen) atoms. The number of hydrogen-bond acceptors (Lipinski definition) is 1. The molecule has 3 aromatic carbocycles. The molecule has 0 bridgehead atoms. The van der Waals surface area contributed by atoms with Crippen LogP contribution < -0.4 is 0 Å². The lowest BCUT2D eigenvalue weighted by atomic mass is 10.0. The van der Waals surface area contributed by atoms with E-state index < -0.39 is 0 Å². The molecule has 0 N–H and O–H groups in total. The van der Waals surface area contributed by atoms with Crippen LogP contribution in [0.1, 0.15) is 16.7 Å². The van der Waals surface area contributed by atoms with Gasteiger partial charge < -0.3 is 0 Å². The highest BCUT2D eigenvalue weighted by molar-refractivity contribution is 5.65. The van der Waals surface area contributed by atoms with E-state index in [1.807, 2.05) is 0 Å². The minimum Gasteiger partial charge on any atom is -0.291 e. The lowest BCUT2D eigenvalue weighted by Gasteiger charge is -2.14. The molecule has 1 nitrogen and oxygen atoms in total. The summed E-state index contributed by atoms with van der Waals surface area (Å²) in [7, 11) is 0. The molecular weight excluding hydrogens is 266 g/mol. The molecule has 0 atom stereocenters. The molecule has 0 aliphatic carbocycles. The van der Waals surface area contributed by atoms with Crippen molar-refractivity contribution < 1.29 is 0 Å². The van der Waals surface area contributed by atoms with E-state index >= 15 is 0 Å². The Kier molecular flexibility index (Phi) is 3.49. The van der Waals surface area contributed by atoms with Crippen LogP contribution in [0.4, 0.5) is 0 Å². The zero-order valence-electron chi connectivity index (χ0n) is 12.6. The van der Waals surface area contributed by atoms with Gasteiger partial charge in [-0.15, -0.1) is 0 Å². The first kappa shape index (κ1) is 13.3. The first-order valence-corrected chi connectivity index (χ1v) is 7.82. The van der Waals surface area contributed by atoms with Gasteiger partial charge in [0, 0.05) is 19.6 Å². The quantitative estimate of drug-likeness (QED) is 0.663. The maximum absolute atomic E-state index is 2.51. The molecule has 1 heteroatoms. The van der Waals surface area contributed by atoms with E-state index in [9.17, 15) is 0 Å². The van der Waals surface area contributed by atoms with E-state index in [0.717, 1.165) is 19.6 Å². The van der Waals surface area contributed by atoms with Crippen molar-refractivity contribution in [3.63, 3.8) is 0 Å². The third-order valence-electron chi connectivity index (χ3n) is 4.35. The number of hydrogen-bond donors (Lipinski definition) is 0. The molecule has 108 valence electrons. The summed E-state index contributed by atoms with van der Waals surface area (Å²) in [6.07, 6.45) is 0. The molecule has 0 radical (unpaired) electrons. The smallest absolute Gasteiger partial charge is 0.0244 e. The third kappa shape index (κ3) is 2.68. The van der Waals surface area contributed by atoms with Crippen molar-refractivity contribution in [1.82, 2.24) is 4.90 Å². The Morgan fingerprint density at radius 1 is 0.636 bits per heavy atom. The summed E-state index contributed by atoms with van der Waals surface area (Å²) in [4.78, 5) is 2.51. The Balaban J connectivity index is 1.54. The Labute approximate surface area is 131 Å². The van der Waals surface area contributed by atoms with Gasteiger partial charge in [-0.1, -0.05) is 72.8 Å². The van der Waals surface area contributed by atoms with Crippen molar-refractivity contribution in [2.45, 2.75) is 19.6 Å². The van der Waals surface area contributed by atoms with Crippen LogP contribution in [0.25, 0.3) is 11.1 Å². The van der Waals surface area contributed by atoms with Crippen LogP contribution in [0.3, 0.4) is 0 Å². The van der Waals surface area contributed by atoms with Crippen LogP contribution in [-0.2, 0) is 19.6 Å². The van der Waals surface area contributed by atoms with E-state index in [1.165, 1.54) is 27.8 Å². The van der Waals surface area contributed by atoms with Crippen molar-refractivity contribution in [2.75, 3.05) is 0 Å². The van der Waals surface area contributed by atoms with Crippen molar-refractivity contribution in [3.8, 4) is 11.1 Å². The molecule has 0 spiro atoms. The topological polar surface area (TPSA) is 3.24 Å². The predicted octanol–water partition coefficient (Wildman–Crippen LogP) is 4.87. The summed E-state index contributed by atoms with van der Waals surface area (Å²) in [5.74, 6) is 0. The fourth-order valence-electron chi connectivity index (χ4n) is 3.23. The third-order valence-corrected chi connectivity index (χ3v) is 4.35. The number of benzene rings is 3. The van der Waals surface area contributed by atoms with Crippen LogP contribution in [0.5, 0.6) is 0 Å². The van der Waals surface area contributed by atoms with E-state index in [4.69, 9.17) is 0 Å². The van der Waals surface area contributed by atoms with Crippen LogP contribution in [-0.4, -0.2) is 4.90 Å². The maximum atomic E-state index is 2.51. The monoisotopic (exact) mass is 285 g/mol. The van der Waals surface area contributed by atoms with Gasteiger partial charge >= 0.3 is 0 Å². The summed E-state index contributed by atoms with van der Waals surface area (Å²) in [6, 6.07) is 28.3. The Hall–Kier alpha value is -2.38. The summed E-state index contributed by atoms with van der Waals surface area (Å²) >= 11 is 0. The maximum Gasteiger partial charge on any atom is 0.0244 e. The summed E-state index contributed by atoms with van der Waals surface area (Å²) in [6.45, 7) is 3.13. The first-order chi connectivity index (χ1) is 10.9. The Bertz CT molecular complexity index is 762. The highest BCUT2D eigenvalue weighted by atomic mass is 15.1. The Morgan fingerprint density at radius 3 is 2.09 bits per heavy atom. The van der Waals surface area contributed by atoms with Gasteiger partial charge in [0.05, 0.1) is 0 Å². The molecule has 0 fully saturated rings. The molecule has 4 rings (SSSR count). The highest BCUT2D eigenvalue weighted by Gasteiger charge is 2.19. The van der Waals surface area contributed by atoms with E-state index in [0.29, 0.717) is 0 Å². The Morgan fingerprint density at radius 2 is 1.32 bits per heavy atom. The van der Waals surface area contributed by atoms with Gasteiger partial charge in [-0.25, -0.2) is 0 Å². The molecule has 0 aromatic heterocycles. The molecule has 3 aromatic rings. The molecule has 1 aliphatic rings. The molecular formula is C21H19N. The first-order valence-electron chi connectivity index (χ1n) is 7.82. The van der Waals surface area contributed by atoms with E-state index in [-0.39, 0.29) is 0 Å². The highest BCUT2D eigenvalue weighted by Crippen LogP contribution is 2.29. The average Bonchev–Trinajstić information content (AvgIpc) is 2.98. The van der Waals surface area contributed by atoms with Crippen molar-refractivity contribution in [2.24, 2.45) is 0 Å². The fourth-order valence-corrected chi connectivity index (χ4v) is 3.23. The van der Waals surface area contributed by atoms with Gasteiger partial charge in [0.15, 0.2) is 0 Å². The second-order valence-electron chi connectivity index (χ2n) is 5.98. The van der Waals surface area contributed by atoms with Gasteiger partial charge in [-0.05, 0) is 33.9 Å². The second-order valence-corrected chi connectivity index (χ2v) is 5.98. The molecule has 0 saturated heterocycles. The zero-order valence-corrected chi connectivity index (χ0v) is 12.6. The van der Waals surface area contributed by atoms with Gasteiger partial charge in [0.25, 0.3) is 0 Å². The lowest BCUT2D eigenvalue weighted by molar-refractivity contribution is 0.275. The second kappa shape index (κ2) is 5.78. The normalized spacial score (nSPS) is 14.0. The molecule has 0 amide bonds. The SMILES string of the molecule is c1ccc(CN2Cc3ccc(-c4ccccc4)cc3C2)cc1. The summed E-state index contributed by atoms with van der Waals surface area (Å²) < 4.78 is 0. The predicted molar refractivity (Wildman–Crippen MR) is 91.3 cm³/mol. The number of nitrogens with zero attached hydrogens (tertiary/aromatic N) is 1. The van der Waals surface area contributed by atoms with Crippen LogP contribution in [0, 0.1) is 0 Å². The van der Waals surface area contributed by atoms with E-state index in [2.05, 4.69) is 83.8 Å². The summed E-state index contributed by atoms with van der Waals surface area (Å²) in [5.41, 5.74) is 6.94. The van der Waals surface area contributed by atoms with Gasteiger partial charge in [-0.3, -0.25) is 4.90 Å². The van der Waals surface area contributed by atoms with Crippen molar-refractivity contribution >= 4 is 0 Å². The minimum absolute atomic E-state index is 1.02. The fraction of sp³-hybridized carbons (Fsp3) is 0.143. The average molecular weight is 285 g/mol. The van der Waals surface area contributed by atoms with Crippen LogP contribution >= 0.6 is 0 Å². The molecule has 1 heterocycles. The zero-order chi connectivity index (χ0) is 14.8. The van der Waals surface area contributed by atoms with Crippen molar-refractivity contribution in [3.05, 3.63) is 95.6 Å². The van der Waals surface area contributed by atoms with Crippen molar-refractivity contribution in [1.29, 1.82) is 0 Å². The molecule has 0 saturated carbocycles. The largest absolute Gasteiger partial charge is 0.291 e.